The van der Waals surface area contributed by atoms with Crippen LogP contribution in [-0.4, -0.2) is 35.2 Å². The number of likely N-dealkylation sites (N-methyl/N-ethyl adjacent to an activating group) is 1. The Morgan fingerprint density at radius 1 is 1.30 bits per heavy atom. The lowest BCUT2D eigenvalue weighted by Gasteiger charge is -2.34. The highest BCUT2D eigenvalue weighted by Gasteiger charge is 2.33. The van der Waals surface area contributed by atoms with Gasteiger partial charge in [0.15, 0.2) is 0 Å². The number of aliphatic hydroxyl groups excluding tert-OH is 1. The number of hydrogen-bond donors (Lipinski definition) is 1. The van der Waals surface area contributed by atoms with Crippen LogP contribution in [0.25, 0.3) is 0 Å². The molecule has 2 nitrogen and oxygen atoms in total. The number of nitrogens with zero attached hydrogens (tertiary/aromatic N) is 1. The smallest absolute Gasteiger partial charge is 0.0576 e. The normalized spacial score (nSPS) is 46.4. The molecule has 2 heterocycles. The van der Waals surface area contributed by atoms with E-state index >= 15 is 0 Å². The second-order valence-corrected chi connectivity index (χ2v) is 3.31. The third-order valence-electron chi connectivity index (χ3n) is 2.63. The molecule has 0 amide bonds. The van der Waals surface area contributed by atoms with Crippen molar-refractivity contribution in [2.45, 2.75) is 31.0 Å². The Kier molecular flexibility index (Phi) is 1.32. The van der Waals surface area contributed by atoms with Crippen LogP contribution in [0.4, 0.5) is 0 Å². The minimum atomic E-state index is -0.0683. The van der Waals surface area contributed by atoms with Gasteiger partial charge in [-0.05, 0) is 19.9 Å². The Morgan fingerprint density at radius 2 is 1.80 bits per heavy atom. The molecule has 2 rings (SSSR count). The van der Waals surface area contributed by atoms with E-state index < -0.39 is 0 Å². The highest BCUT2D eigenvalue weighted by Crippen LogP contribution is 2.28. The molecule has 3 atom stereocenters. The first-order valence-corrected chi connectivity index (χ1v) is 3.85. The number of hydrogen-bond acceptors (Lipinski definition) is 2. The van der Waals surface area contributed by atoms with Gasteiger partial charge in [0.1, 0.15) is 0 Å². The van der Waals surface area contributed by atoms with Crippen molar-refractivity contribution in [3.63, 3.8) is 0 Å². The van der Waals surface area contributed by atoms with Gasteiger partial charge in [-0.3, -0.25) is 4.90 Å². The standard InChI is InChI=1S/C8H13NO/c1-9-6-2-3-7(9)5-8(10)4-6/h2-3,6-8,10H,4-5H2,1H3/t6-,7?,8?/m1/s1. The first kappa shape index (κ1) is 6.38. The molecule has 2 aliphatic rings. The molecule has 2 bridgehead atoms. The molecule has 1 fully saturated rings. The molecule has 0 saturated carbocycles. The van der Waals surface area contributed by atoms with Crippen LogP contribution in [0, 0.1) is 0 Å². The summed E-state index contributed by atoms with van der Waals surface area (Å²) in [6, 6.07) is 1.02. The van der Waals surface area contributed by atoms with Crippen molar-refractivity contribution in [2.75, 3.05) is 7.05 Å². The molecule has 0 radical (unpaired) electrons. The van der Waals surface area contributed by atoms with Gasteiger partial charge in [-0.15, -0.1) is 0 Å². The third-order valence-corrected chi connectivity index (χ3v) is 2.63. The van der Waals surface area contributed by atoms with Crippen LogP contribution in [0.2, 0.25) is 0 Å². The average Bonchev–Trinajstić information content (AvgIpc) is 2.20. The first-order chi connectivity index (χ1) is 4.77. The molecule has 2 unspecified atom stereocenters. The lowest BCUT2D eigenvalue weighted by Crippen LogP contribution is -2.42. The molecule has 56 valence electrons. The van der Waals surface area contributed by atoms with Gasteiger partial charge < -0.3 is 5.11 Å². The molecule has 0 aromatic carbocycles. The summed E-state index contributed by atoms with van der Waals surface area (Å²) in [6.45, 7) is 0. The van der Waals surface area contributed by atoms with Gasteiger partial charge in [-0.1, -0.05) is 12.2 Å². The predicted molar refractivity (Wildman–Crippen MR) is 39.7 cm³/mol. The highest BCUT2D eigenvalue weighted by molar-refractivity contribution is 5.13. The molecular formula is C8H13NO. The van der Waals surface area contributed by atoms with Crippen molar-refractivity contribution >= 4 is 0 Å². The number of aliphatic hydroxyl groups is 1. The van der Waals surface area contributed by atoms with Gasteiger partial charge in [0.05, 0.1) is 6.10 Å². The lowest BCUT2D eigenvalue weighted by molar-refractivity contribution is 0.0586. The second-order valence-electron chi connectivity index (χ2n) is 3.31. The van der Waals surface area contributed by atoms with E-state index in [1.54, 1.807) is 0 Å². The molecule has 10 heavy (non-hydrogen) atoms. The maximum Gasteiger partial charge on any atom is 0.0576 e. The van der Waals surface area contributed by atoms with E-state index in [4.69, 9.17) is 0 Å². The molecule has 0 aromatic heterocycles. The summed E-state index contributed by atoms with van der Waals surface area (Å²) in [5.41, 5.74) is 0. The van der Waals surface area contributed by atoms with E-state index in [1.165, 1.54) is 0 Å². The van der Waals surface area contributed by atoms with Crippen molar-refractivity contribution < 1.29 is 5.11 Å². The third kappa shape index (κ3) is 0.796. The zero-order valence-corrected chi connectivity index (χ0v) is 6.20. The summed E-state index contributed by atoms with van der Waals surface area (Å²) in [7, 11) is 2.13. The Hall–Kier alpha value is -0.340. The Morgan fingerprint density at radius 3 is 2.30 bits per heavy atom. The maximum absolute atomic E-state index is 9.34. The topological polar surface area (TPSA) is 23.5 Å². The highest BCUT2D eigenvalue weighted by atomic mass is 16.3. The SMILES string of the molecule is CN1C2C=C[C@@H]1CC(O)C2. The molecule has 0 aliphatic carbocycles. The van der Waals surface area contributed by atoms with Crippen LogP contribution in [0.5, 0.6) is 0 Å². The minimum absolute atomic E-state index is 0.0683. The largest absolute Gasteiger partial charge is 0.393 e. The fraction of sp³-hybridized carbons (Fsp3) is 0.750. The van der Waals surface area contributed by atoms with E-state index in [-0.39, 0.29) is 6.10 Å². The zero-order valence-electron chi connectivity index (χ0n) is 6.20. The first-order valence-electron chi connectivity index (χ1n) is 3.85. The van der Waals surface area contributed by atoms with Crippen molar-refractivity contribution in [1.29, 1.82) is 0 Å². The lowest BCUT2D eigenvalue weighted by atomic mass is 10.00. The van der Waals surface area contributed by atoms with Crippen molar-refractivity contribution in [3.8, 4) is 0 Å². The molecule has 1 N–H and O–H groups in total. The minimum Gasteiger partial charge on any atom is -0.393 e. The Labute approximate surface area is 61.1 Å². The van der Waals surface area contributed by atoms with E-state index in [2.05, 4.69) is 24.1 Å². The fourth-order valence-electron chi connectivity index (χ4n) is 1.92. The predicted octanol–water partition coefficient (Wildman–Crippen LogP) is 0.380. The van der Waals surface area contributed by atoms with E-state index in [9.17, 15) is 5.11 Å². The fourth-order valence-corrected chi connectivity index (χ4v) is 1.92. The number of rotatable bonds is 0. The maximum atomic E-state index is 9.34. The summed E-state index contributed by atoms with van der Waals surface area (Å²) >= 11 is 0. The summed E-state index contributed by atoms with van der Waals surface area (Å²) in [6.07, 6.45) is 6.19. The quantitative estimate of drug-likeness (QED) is 0.490. The summed E-state index contributed by atoms with van der Waals surface area (Å²) in [5.74, 6) is 0. The monoisotopic (exact) mass is 139 g/mol. The van der Waals surface area contributed by atoms with Crippen LogP contribution >= 0.6 is 0 Å². The number of piperidine rings is 1. The molecule has 2 aliphatic heterocycles. The Bertz CT molecular complexity index is 151. The van der Waals surface area contributed by atoms with Crippen LogP contribution in [-0.2, 0) is 0 Å². The number of fused-ring (bicyclic) bond motifs is 2. The molecule has 0 spiro atoms. The molecular weight excluding hydrogens is 126 g/mol. The van der Waals surface area contributed by atoms with Crippen LogP contribution in [0.3, 0.4) is 0 Å². The van der Waals surface area contributed by atoms with Gasteiger partial charge in [0.25, 0.3) is 0 Å². The van der Waals surface area contributed by atoms with Gasteiger partial charge in [-0.25, -0.2) is 0 Å². The average molecular weight is 139 g/mol. The van der Waals surface area contributed by atoms with Crippen molar-refractivity contribution in [3.05, 3.63) is 12.2 Å². The second kappa shape index (κ2) is 2.07. The molecule has 0 aromatic rings. The molecule has 1 saturated heterocycles. The van der Waals surface area contributed by atoms with Crippen LogP contribution < -0.4 is 0 Å². The van der Waals surface area contributed by atoms with Crippen molar-refractivity contribution in [1.82, 2.24) is 4.90 Å². The molecule has 2 heteroatoms. The Balaban J connectivity index is 2.15. The summed E-state index contributed by atoms with van der Waals surface area (Å²) in [4.78, 5) is 2.33. The van der Waals surface area contributed by atoms with Crippen molar-refractivity contribution in [2.24, 2.45) is 0 Å². The van der Waals surface area contributed by atoms with E-state index in [0.29, 0.717) is 12.1 Å². The van der Waals surface area contributed by atoms with Crippen LogP contribution in [0.1, 0.15) is 12.8 Å². The van der Waals surface area contributed by atoms with Gasteiger partial charge in [-0.2, -0.15) is 0 Å². The van der Waals surface area contributed by atoms with Gasteiger partial charge in [0.2, 0.25) is 0 Å². The van der Waals surface area contributed by atoms with Gasteiger partial charge >= 0.3 is 0 Å². The zero-order chi connectivity index (χ0) is 7.14. The van der Waals surface area contributed by atoms with Crippen LogP contribution in [0.15, 0.2) is 12.2 Å². The summed E-state index contributed by atoms with van der Waals surface area (Å²) in [5, 5.41) is 9.34. The van der Waals surface area contributed by atoms with E-state index in [0.717, 1.165) is 12.8 Å². The summed E-state index contributed by atoms with van der Waals surface area (Å²) < 4.78 is 0. The van der Waals surface area contributed by atoms with Gasteiger partial charge in [0, 0.05) is 12.1 Å². The van der Waals surface area contributed by atoms with E-state index in [1.807, 2.05) is 0 Å².